The highest BCUT2D eigenvalue weighted by atomic mass is 32.1. The lowest BCUT2D eigenvalue weighted by Gasteiger charge is -2.05. The Bertz CT molecular complexity index is 804. The van der Waals surface area contributed by atoms with Crippen LogP contribution in [-0.4, -0.2) is 18.7 Å². The molecule has 0 N–H and O–H groups in total. The molecule has 0 bridgehead atoms. The summed E-state index contributed by atoms with van der Waals surface area (Å²) in [6.07, 6.45) is 3.84. The van der Waals surface area contributed by atoms with Gasteiger partial charge in [0.2, 0.25) is 0 Å². The lowest BCUT2D eigenvalue weighted by atomic mass is 9.97. The highest BCUT2D eigenvalue weighted by molar-refractivity contribution is 7.20. The second kappa shape index (κ2) is 5.69. The lowest BCUT2D eigenvalue weighted by molar-refractivity contribution is -0.118. The minimum absolute atomic E-state index is 0. The summed E-state index contributed by atoms with van der Waals surface area (Å²) in [5, 5.41) is 1.01. The van der Waals surface area contributed by atoms with Gasteiger partial charge in [-0.15, -0.1) is 11.3 Å². The van der Waals surface area contributed by atoms with Crippen molar-refractivity contribution in [3.05, 3.63) is 46.7 Å². The Morgan fingerprint density at radius 1 is 1.32 bits per heavy atom. The first kappa shape index (κ1) is 15.0. The number of Topliss-reactive ketones (excluding diaryl/α,β-unsaturated/α-hetero) is 2. The van der Waals surface area contributed by atoms with Gasteiger partial charge in [-0.2, -0.15) is 0 Å². The van der Waals surface area contributed by atoms with Gasteiger partial charge in [0.05, 0.1) is 12.0 Å². The highest BCUT2D eigenvalue weighted by Crippen LogP contribution is 2.33. The van der Waals surface area contributed by atoms with Gasteiger partial charge in [-0.3, -0.25) is 9.59 Å². The molecule has 115 valence electrons. The van der Waals surface area contributed by atoms with Crippen LogP contribution in [0.3, 0.4) is 0 Å². The number of benzene rings is 1. The monoisotopic (exact) mass is 315 g/mol. The van der Waals surface area contributed by atoms with Crippen LogP contribution in [0, 0.1) is 19.3 Å². The first-order valence-corrected chi connectivity index (χ1v) is 8.02. The van der Waals surface area contributed by atoms with E-state index < -0.39 is 0 Å². The average Bonchev–Trinajstić information content (AvgIpc) is 3.25. The smallest absolute Gasteiger partial charge is 0.173 e. The summed E-state index contributed by atoms with van der Waals surface area (Å²) in [6, 6.07) is 5.88. The minimum Gasteiger partial charge on any atom is -0.496 e. The zero-order valence-electron chi connectivity index (χ0n) is 12.8. The van der Waals surface area contributed by atoms with Crippen LogP contribution in [0.1, 0.15) is 30.0 Å². The third kappa shape index (κ3) is 2.83. The van der Waals surface area contributed by atoms with E-state index in [9.17, 15) is 9.59 Å². The van der Waals surface area contributed by atoms with Crippen molar-refractivity contribution in [3.63, 3.8) is 0 Å². The van der Waals surface area contributed by atoms with Gasteiger partial charge in [0, 0.05) is 24.9 Å². The number of hydrogen-bond acceptors (Lipinski definition) is 4. The quantitative estimate of drug-likeness (QED) is 0.743. The fourth-order valence-corrected chi connectivity index (χ4v) is 3.58. The minimum atomic E-state index is -0.265. The van der Waals surface area contributed by atoms with E-state index in [4.69, 9.17) is 4.74 Å². The van der Waals surface area contributed by atoms with Crippen molar-refractivity contribution in [3.8, 4) is 5.75 Å². The molecule has 1 heterocycles. The molecule has 0 amide bonds. The Morgan fingerprint density at radius 2 is 2.05 bits per heavy atom. The van der Waals surface area contributed by atoms with E-state index in [0.717, 1.165) is 27.0 Å². The van der Waals surface area contributed by atoms with Crippen molar-refractivity contribution in [1.29, 1.82) is 0 Å². The second-order valence-corrected chi connectivity index (χ2v) is 6.74. The molecule has 2 aromatic rings. The summed E-state index contributed by atoms with van der Waals surface area (Å²) in [6.45, 7) is 3.80. The molecule has 0 aliphatic heterocycles. The van der Waals surface area contributed by atoms with Crippen LogP contribution in [0.25, 0.3) is 10.1 Å². The molecule has 4 heteroatoms. The number of fused-ring (bicyclic) bond motifs is 1. The lowest BCUT2D eigenvalue weighted by Crippen LogP contribution is -2.14. The third-order valence-corrected chi connectivity index (χ3v) is 5.00. The number of methoxy groups -OCH3 is 1. The van der Waals surface area contributed by atoms with Gasteiger partial charge in [-0.05, 0) is 41.6 Å². The van der Waals surface area contributed by atoms with Crippen LogP contribution < -0.4 is 4.74 Å². The summed E-state index contributed by atoms with van der Waals surface area (Å²) >= 11 is 1.48. The molecular weight excluding hydrogens is 296 g/mol. The first-order valence-electron chi connectivity index (χ1n) is 7.20. The maximum atomic E-state index is 12.4. The van der Waals surface area contributed by atoms with Crippen LogP contribution in [0.4, 0.5) is 0 Å². The van der Waals surface area contributed by atoms with E-state index >= 15 is 0 Å². The maximum absolute atomic E-state index is 12.4. The number of ketones is 2. The number of carbonyl (C=O) groups excluding carboxylic acids is 2. The van der Waals surface area contributed by atoms with Gasteiger partial charge < -0.3 is 4.74 Å². The molecule has 1 aromatic heterocycles. The Labute approximate surface area is 135 Å². The fraction of sp³-hybridized carbons (Fsp3) is 0.278. The molecule has 1 aromatic carbocycles. The summed E-state index contributed by atoms with van der Waals surface area (Å²) in [4.78, 5) is 25.0. The molecule has 0 unspecified atom stereocenters. The molecule has 0 saturated heterocycles. The third-order valence-electron chi connectivity index (χ3n) is 3.87. The summed E-state index contributed by atoms with van der Waals surface area (Å²) in [7, 11) is 1.64. The molecule has 3 rings (SSSR count). The van der Waals surface area contributed by atoms with Crippen molar-refractivity contribution in [2.45, 2.75) is 20.3 Å². The number of hydrogen-bond donors (Lipinski definition) is 0. The van der Waals surface area contributed by atoms with Crippen molar-refractivity contribution in [1.82, 2.24) is 0 Å². The molecule has 1 aliphatic rings. The van der Waals surface area contributed by atoms with Crippen LogP contribution >= 0.6 is 11.3 Å². The molecule has 0 fully saturated rings. The van der Waals surface area contributed by atoms with Crippen molar-refractivity contribution in [2.75, 3.05) is 7.11 Å². The Balaban J connectivity index is 0.00000192. The van der Waals surface area contributed by atoms with E-state index in [-0.39, 0.29) is 25.3 Å². The SMILES string of the molecule is COc1cc2cc(C(=O)C[C@H](C)C(=O)C3=C[CH]3)sc2cc1C.[HH]. The topological polar surface area (TPSA) is 43.4 Å². The largest absolute Gasteiger partial charge is 0.496 e. The highest BCUT2D eigenvalue weighted by Gasteiger charge is 2.25. The van der Waals surface area contributed by atoms with Crippen LogP contribution in [0.5, 0.6) is 5.75 Å². The van der Waals surface area contributed by atoms with Gasteiger partial charge in [0.15, 0.2) is 11.6 Å². The summed E-state index contributed by atoms with van der Waals surface area (Å²) in [5.41, 5.74) is 1.80. The number of allylic oxidation sites excluding steroid dienone is 2. The predicted molar refractivity (Wildman–Crippen MR) is 90.7 cm³/mol. The average molecular weight is 315 g/mol. The number of carbonyl (C=O) groups is 2. The molecule has 1 radical (unpaired) electrons. The summed E-state index contributed by atoms with van der Waals surface area (Å²) < 4.78 is 6.39. The molecule has 0 spiro atoms. The zero-order chi connectivity index (χ0) is 15.9. The Kier molecular flexibility index (Phi) is 3.87. The fourth-order valence-electron chi connectivity index (χ4n) is 2.49. The Hall–Kier alpha value is -1.94. The van der Waals surface area contributed by atoms with Gasteiger partial charge >= 0.3 is 0 Å². The number of ether oxygens (including phenoxy) is 1. The van der Waals surface area contributed by atoms with Gasteiger partial charge in [0.1, 0.15) is 5.75 Å². The number of aryl methyl sites for hydroxylation is 1. The standard InChI is InChI=1S/C18H17O3S.H2/c1-10-7-16-13(8-15(10)21-3)9-17(22-16)14(19)6-11(2)18(20)12-4-5-12;/h4-5,7-9,11H,6H2,1-3H3;1H/t11-;/m0./s1. The Morgan fingerprint density at radius 3 is 2.68 bits per heavy atom. The molecular formula is C18H19O3S. The first-order chi connectivity index (χ1) is 10.5. The van der Waals surface area contributed by atoms with E-state index in [0.29, 0.717) is 4.88 Å². The molecule has 1 aliphatic carbocycles. The molecule has 0 saturated carbocycles. The maximum Gasteiger partial charge on any atom is 0.173 e. The predicted octanol–water partition coefficient (Wildman–Crippen LogP) is 4.39. The number of thiophene rings is 1. The van der Waals surface area contributed by atoms with Crippen LogP contribution in [0.2, 0.25) is 0 Å². The summed E-state index contributed by atoms with van der Waals surface area (Å²) in [5.74, 6) is 0.648. The van der Waals surface area contributed by atoms with Crippen molar-refractivity contribution in [2.24, 2.45) is 5.92 Å². The second-order valence-electron chi connectivity index (χ2n) is 5.65. The van der Waals surface area contributed by atoms with Crippen LogP contribution in [-0.2, 0) is 4.79 Å². The molecule has 1 atom stereocenters. The van der Waals surface area contributed by atoms with Gasteiger partial charge in [-0.25, -0.2) is 0 Å². The van der Waals surface area contributed by atoms with Gasteiger partial charge in [0.25, 0.3) is 0 Å². The number of rotatable bonds is 6. The molecule has 22 heavy (non-hydrogen) atoms. The van der Waals surface area contributed by atoms with Gasteiger partial charge in [-0.1, -0.05) is 13.0 Å². The van der Waals surface area contributed by atoms with E-state index in [2.05, 4.69) is 0 Å². The van der Waals surface area contributed by atoms with Crippen molar-refractivity contribution < 1.29 is 15.8 Å². The van der Waals surface area contributed by atoms with E-state index in [1.165, 1.54) is 11.3 Å². The molecule has 3 nitrogen and oxygen atoms in total. The van der Waals surface area contributed by atoms with E-state index in [1.54, 1.807) is 19.6 Å². The normalized spacial score (nSPS) is 14.6. The van der Waals surface area contributed by atoms with Crippen LogP contribution in [0.15, 0.2) is 29.8 Å². The van der Waals surface area contributed by atoms with E-state index in [1.807, 2.05) is 32.0 Å². The zero-order valence-corrected chi connectivity index (χ0v) is 13.6. The van der Waals surface area contributed by atoms with Crippen molar-refractivity contribution >= 4 is 33.0 Å².